The zero-order valence-electron chi connectivity index (χ0n) is 13.5. The van der Waals surface area contributed by atoms with Gasteiger partial charge in [0.05, 0.1) is 18.4 Å². The van der Waals surface area contributed by atoms with E-state index >= 15 is 0 Å². The number of rotatable bonds is 5. The molecule has 5 nitrogen and oxygen atoms in total. The maximum absolute atomic E-state index is 12.3. The highest BCUT2D eigenvalue weighted by atomic mass is 35.5. The van der Waals surface area contributed by atoms with Crippen molar-refractivity contribution < 1.29 is 9.53 Å². The number of ether oxygens (including phenoxy) is 1. The van der Waals surface area contributed by atoms with Gasteiger partial charge < -0.3 is 14.5 Å². The molecular weight excluding hydrogens is 326 g/mol. The number of nitrogens with one attached hydrogen (secondary N) is 1. The first-order chi connectivity index (χ1) is 11.6. The molecule has 2 heterocycles. The number of hydrogen-bond acceptors (Lipinski definition) is 3. The van der Waals surface area contributed by atoms with E-state index in [9.17, 15) is 4.79 Å². The van der Waals surface area contributed by atoms with Crippen molar-refractivity contribution in [2.75, 3.05) is 13.7 Å². The molecule has 0 aliphatic rings. The molecule has 0 atom stereocenters. The predicted octanol–water partition coefficient (Wildman–Crippen LogP) is 3.28. The quantitative estimate of drug-likeness (QED) is 0.773. The Morgan fingerprint density at radius 1 is 1.38 bits per heavy atom. The van der Waals surface area contributed by atoms with E-state index in [-0.39, 0.29) is 5.91 Å². The van der Waals surface area contributed by atoms with Crippen LogP contribution in [0.3, 0.4) is 0 Å². The van der Waals surface area contributed by atoms with Crippen LogP contribution in [0.5, 0.6) is 5.75 Å². The van der Waals surface area contributed by atoms with Crippen LogP contribution in [0.15, 0.2) is 42.7 Å². The van der Waals surface area contributed by atoms with E-state index in [4.69, 9.17) is 16.3 Å². The van der Waals surface area contributed by atoms with E-state index in [1.54, 1.807) is 18.2 Å². The molecule has 0 unspecified atom stereocenters. The van der Waals surface area contributed by atoms with Crippen LogP contribution >= 0.6 is 11.6 Å². The Labute approximate surface area is 145 Å². The molecule has 0 aliphatic heterocycles. The van der Waals surface area contributed by atoms with Gasteiger partial charge in [-0.25, -0.2) is 4.98 Å². The molecule has 3 rings (SSSR count). The summed E-state index contributed by atoms with van der Waals surface area (Å²) in [4.78, 5) is 16.9. The van der Waals surface area contributed by atoms with Crippen molar-refractivity contribution in [1.29, 1.82) is 0 Å². The first kappa shape index (κ1) is 16.3. The van der Waals surface area contributed by atoms with E-state index in [0.717, 1.165) is 16.9 Å². The van der Waals surface area contributed by atoms with Crippen LogP contribution in [-0.2, 0) is 6.42 Å². The molecule has 0 radical (unpaired) electrons. The molecule has 1 amide bonds. The normalized spacial score (nSPS) is 10.8. The number of nitrogens with zero attached hydrogens (tertiary/aromatic N) is 2. The van der Waals surface area contributed by atoms with E-state index in [0.29, 0.717) is 29.3 Å². The molecule has 0 aliphatic carbocycles. The minimum atomic E-state index is -0.214. The van der Waals surface area contributed by atoms with Crippen molar-refractivity contribution in [3.8, 4) is 5.75 Å². The third-order valence-electron chi connectivity index (χ3n) is 3.80. The summed E-state index contributed by atoms with van der Waals surface area (Å²) in [5.41, 5.74) is 3.42. The fraction of sp³-hybridized carbons (Fsp3) is 0.222. The number of halogens is 1. The Balaban J connectivity index is 1.66. The molecule has 124 valence electrons. The molecule has 0 spiro atoms. The van der Waals surface area contributed by atoms with Crippen LogP contribution in [0.25, 0.3) is 5.65 Å². The van der Waals surface area contributed by atoms with Crippen LogP contribution in [0.4, 0.5) is 0 Å². The molecule has 1 N–H and O–H groups in total. The van der Waals surface area contributed by atoms with Crippen molar-refractivity contribution in [2.45, 2.75) is 13.3 Å². The molecule has 0 saturated carbocycles. The van der Waals surface area contributed by atoms with Gasteiger partial charge in [-0.1, -0.05) is 17.7 Å². The number of imidazole rings is 1. The van der Waals surface area contributed by atoms with Gasteiger partial charge in [0.2, 0.25) is 0 Å². The zero-order chi connectivity index (χ0) is 17.1. The van der Waals surface area contributed by atoms with Gasteiger partial charge in [-0.15, -0.1) is 0 Å². The molecule has 0 fully saturated rings. The number of aromatic nitrogens is 2. The van der Waals surface area contributed by atoms with Crippen LogP contribution in [0.1, 0.15) is 21.6 Å². The van der Waals surface area contributed by atoms with Gasteiger partial charge in [0.15, 0.2) is 0 Å². The predicted molar refractivity (Wildman–Crippen MR) is 94.0 cm³/mol. The van der Waals surface area contributed by atoms with Crippen LogP contribution in [0.2, 0.25) is 5.02 Å². The second-order valence-electron chi connectivity index (χ2n) is 5.50. The summed E-state index contributed by atoms with van der Waals surface area (Å²) >= 11 is 5.96. The first-order valence-electron chi connectivity index (χ1n) is 7.63. The second kappa shape index (κ2) is 6.93. The number of carbonyl (C=O) groups excluding carboxylic acids is 1. The largest absolute Gasteiger partial charge is 0.496 e. The van der Waals surface area contributed by atoms with Crippen LogP contribution < -0.4 is 10.1 Å². The number of methoxy groups -OCH3 is 1. The number of benzene rings is 1. The SMILES string of the molecule is COc1ccc(Cl)cc1C(=O)NCCc1cn2cccc(C)c2n1. The van der Waals surface area contributed by atoms with E-state index in [1.165, 1.54) is 7.11 Å². The highest BCUT2D eigenvalue weighted by molar-refractivity contribution is 6.31. The van der Waals surface area contributed by atoms with Crippen LogP contribution in [0, 0.1) is 6.92 Å². The number of aryl methyl sites for hydroxylation is 1. The van der Waals surface area contributed by atoms with Gasteiger partial charge >= 0.3 is 0 Å². The lowest BCUT2D eigenvalue weighted by atomic mass is 10.2. The van der Waals surface area contributed by atoms with Gasteiger partial charge in [-0.2, -0.15) is 0 Å². The van der Waals surface area contributed by atoms with Crippen molar-refractivity contribution in [1.82, 2.24) is 14.7 Å². The Morgan fingerprint density at radius 2 is 2.21 bits per heavy atom. The second-order valence-corrected chi connectivity index (χ2v) is 5.94. The summed E-state index contributed by atoms with van der Waals surface area (Å²) in [5.74, 6) is 0.287. The van der Waals surface area contributed by atoms with Gasteiger partial charge in [0, 0.05) is 30.4 Å². The Morgan fingerprint density at radius 3 is 2.96 bits per heavy atom. The Kier molecular flexibility index (Phi) is 4.71. The number of fused-ring (bicyclic) bond motifs is 1. The lowest BCUT2D eigenvalue weighted by Gasteiger charge is -2.09. The summed E-state index contributed by atoms with van der Waals surface area (Å²) in [5, 5.41) is 3.38. The number of amides is 1. The highest BCUT2D eigenvalue weighted by Crippen LogP contribution is 2.22. The first-order valence-corrected chi connectivity index (χ1v) is 8.01. The Hall–Kier alpha value is -2.53. The fourth-order valence-electron chi connectivity index (χ4n) is 2.58. The summed E-state index contributed by atoms with van der Waals surface area (Å²) in [6.07, 6.45) is 4.60. The summed E-state index contributed by atoms with van der Waals surface area (Å²) < 4.78 is 7.20. The number of pyridine rings is 1. The summed E-state index contributed by atoms with van der Waals surface area (Å²) in [6, 6.07) is 8.99. The molecule has 24 heavy (non-hydrogen) atoms. The maximum atomic E-state index is 12.3. The number of carbonyl (C=O) groups is 1. The van der Waals surface area contributed by atoms with E-state index < -0.39 is 0 Å². The fourth-order valence-corrected chi connectivity index (χ4v) is 2.75. The third-order valence-corrected chi connectivity index (χ3v) is 4.04. The van der Waals surface area contributed by atoms with Crippen molar-refractivity contribution in [3.05, 3.63) is 64.6 Å². The van der Waals surface area contributed by atoms with Crippen molar-refractivity contribution >= 4 is 23.2 Å². The van der Waals surface area contributed by atoms with Crippen molar-refractivity contribution in [3.63, 3.8) is 0 Å². The highest BCUT2D eigenvalue weighted by Gasteiger charge is 2.13. The van der Waals surface area contributed by atoms with Gasteiger partial charge in [-0.05, 0) is 36.8 Å². The third kappa shape index (κ3) is 3.36. The van der Waals surface area contributed by atoms with Gasteiger partial charge in [0.25, 0.3) is 5.91 Å². The smallest absolute Gasteiger partial charge is 0.255 e. The van der Waals surface area contributed by atoms with E-state index in [1.807, 2.05) is 35.9 Å². The standard InChI is InChI=1S/C18H18ClN3O2/c1-12-4-3-9-22-11-14(21-17(12)22)7-8-20-18(23)15-10-13(19)5-6-16(15)24-2/h3-6,9-11H,7-8H2,1-2H3,(H,20,23). The average molecular weight is 344 g/mol. The molecule has 0 saturated heterocycles. The van der Waals surface area contributed by atoms with Gasteiger partial charge in [-0.3, -0.25) is 4.79 Å². The Bertz CT molecular complexity index is 889. The topological polar surface area (TPSA) is 55.6 Å². The minimum Gasteiger partial charge on any atom is -0.496 e. The molecule has 3 aromatic rings. The zero-order valence-corrected chi connectivity index (χ0v) is 14.3. The van der Waals surface area contributed by atoms with Gasteiger partial charge in [0.1, 0.15) is 11.4 Å². The maximum Gasteiger partial charge on any atom is 0.255 e. The lowest BCUT2D eigenvalue weighted by Crippen LogP contribution is -2.26. The molecule has 0 bridgehead atoms. The van der Waals surface area contributed by atoms with E-state index in [2.05, 4.69) is 10.3 Å². The van der Waals surface area contributed by atoms with Crippen molar-refractivity contribution in [2.24, 2.45) is 0 Å². The molecule has 1 aromatic carbocycles. The summed E-state index contributed by atoms with van der Waals surface area (Å²) in [6.45, 7) is 2.51. The monoisotopic (exact) mass is 343 g/mol. The lowest BCUT2D eigenvalue weighted by molar-refractivity contribution is 0.0951. The molecule has 6 heteroatoms. The number of hydrogen-bond donors (Lipinski definition) is 1. The molecular formula is C18H18ClN3O2. The summed E-state index contributed by atoms with van der Waals surface area (Å²) in [7, 11) is 1.53. The van der Waals surface area contributed by atoms with Crippen LogP contribution in [-0.4, -0.2) is 28.9 Å². The average Bonchev–Trinajstić information content (AvgIpc) is 2.99. The minimum absolute atomic E-state index is 0.214. The molecule has 2 aromatic heterocycles.